The molecule has 0 saturated heterocycles. The minimum absolute atomic E-state index is 0.458. The van der Waals surface area contributed by atoms with Gasteiger partial charge in [-0.3, -0.25) is 9.69 Å². The number of carboxylic acid groups (broad SMARTS) is 1. The Labute approximate surface area is 131 Å². The lowest BCUT2D eigenvalue weighted by molar-refractivity contribution is -0.142. The van der Waals surface area contributed by atoms with Crippen LogP contribution >= 0.6 is 15.9 Å². The molecule has 0 radical (unpaired) electrons. The fourth-order valence-electron chi connectivity index (χ4n) is 1.80. The molecule has 0 saturated carbocycles. The lowest BCUT2D eigenvalue weighted by atomic mass is 10.2. The van der Waals surface area contributed by atoms with Crippen molar-refractivity contribution in [2.24, 2.45) is 0 Å². The van der Waals surface area contributed by atoms with E-state index in [-0.39, 0.29) is 0 Å². The van der Waals surface area contributed by atoms with Crippen LogP contribution in [0.15, 0.2) is 41.0 Å². The maximum Gasteiger partial charge on any atom is 0.320 e. The molecule has 1 unspecified atom stereocenters. The van der Waals surface area contributed by atoms with E-state index in [0.29, 0.717) is 12.4 Å². The van der Waals surface area contributed by atoms with E-state index < -0.39 is 12.0 Å². The fraction of sp³-hybridized carbons (Fsp3) is 0.267. The Morgan fingerprint density at radius 2 is 2.00 bits per heavy atom. The maximum atomic E-state index is 11.0. The van der Waals surface area contributed by atoms with Crippen molar-refractivity contribution in [1.82, 2.24) is 14.9 Å². The van der Waals surface area contributed by atoms with E-state index in [4.69, 9.17) is 5.11 Å². The van der Waals surface area contributed by atoms with E-state index >= 15 is 0 Å². The van der Waals surface area contributed by atoms with Crippen LogP contribution in [-0.2, 0) is 11.3 Å². The molecule has 1 N–H and O–H groups in total. The summed E-state index contributed by atoms with van der Waals surface area (Å²) < 4.78 is 0.998. The molecule has 1 aromatic heterocycles. The Balaban J connectivity index is 2.18. The second-order valence-electron chi connectivity index (χ2n) is 4.81. The highest BCUT2D eigenvalue weighted by Gasteiger charge is 2.17. The molecular weight excluding hydrogens is 334 g/mol. The van der Waals surface area contributed by atoms with E-state index in [2.05, 4.69) is 25.9 Å². The lowest BCUT2D eigenvalue weighted by Gasteiger charge is -2.20. The number of aliphatic carboxylic acids is 1. The number of likely N-dealkylation sites (N-methyl/N-ethyl adjacent to an activating group) is 1. The highest BCUT2D eigenvalue weighted by atomic mass is 79.9. The van der Waals surface area contributed by atoms with Crippen LogP contribution < -0.4 is 0 Å². The summed E-state index contributed by atoms with van der Waals surface area (Å²) in [6.07, 6.45) is 1.69. The molecule has 0 spiro atoms. The first-order valence-electron chi connectivity index (χ1n) is 6.48. The predicted octanol–water partition coefficient (Wildman–Crippen LogP) is 2.81. The molecule has 0 aliphatic rings. The van der Waals surface area contributed by atoms with Crippen LogP contribution in [0.3, 0.4) is 0 Å². The Morgan fingerprint density at radius 3 is 2.62 bits per heavy atom. The SMILES string of the molecule is CC(C(=O)O)N(C)Cc1ccnc(-c2ccc(Br)cc2)n1. The quantitative estimate of drug-likeness (QED) is 0.898. The fourth-order valence-corrected chi connectivity index (χ4v) is 2.07. The Morgan fingerprint density at radius 1 is 1.33 bits per heavy atom. The molecule has 2 rings (SSSR count). The molecular formula is C15H16BrN3O2. The Bertz CT molecular complexity index is 631. The average Bonchev–Trinajstić information content (AvgIpc) is 2.47. The van der Waals surface area contributed by atoms with Gasteiger partial charge in [0.15, 0.2) is 5.82 Å². The zero-order valence-corrected chi connectivity index (χ0v) is 13.4. The molecule has 6 heteroatoms. The third-order valence-corrected chi connectivity index (χ3v) is 3.77. The van der Waals surface area contributed by atoms with Crippen molar-refractivity contribution < 1.29 is 9.90 Å². The van der Waals surface area contributed by atoms with E-state index in [9.17, 15) is 4.79 Å². The Kier molecular flexibility index (Phi) is 5.03. The summed E-state index contributed by atoms with van der Waals surface area (Å²) in [5.74, 6) is -0.212. The number of carboxylic acids is 1. The summed E-state index contributed by atoms with van der Waals surface area (Å²) in [6.45, 7) is 2.11. The first-order valence-corrected chi connectivity index (χ1v) is 7.27. The van der Waals surface area contributed by atoms with Crippen LogP contribution in [0.25, 0.3) is 11.4 Å². The highest BCUT2D eigenvalue weighted by Crippen LogP contribution is 2.18. The van der Waals surface area contributed by atoms with Gasteiger partial charge in [0.2, 0.25) is 0 Å². The number of benzene rings is 1. The van der Waals surface area contributed by atoms with Crippen molar-refractivity contribution in [2.75, 3.05) is 7.05 Å². The molecule has 0 amide bonds. The van der Waals surface area contributed by atoms with Gasteiger partial charge in [-0.05, 0) is 32.2 Å². The van der Waals surface area contributed by atoms with Gasteiger partial charge >= 0.3 is 5.97 Å². The largest absolute Gasteiger partial charge is 0.480 e. The summed E-state index contributed by atoms with van der Waals surface area (Å²) in [4.78, 5) is 21.5. The second-order valence-corrected chi connectivity index (χ2v) is 5.72. The van der Waals surface area contributed by atoms with Crippen molar-refractivity contribution in [3.63, 3.8) is 0 Å². The van der Waals surface area contributed by atoms with Gasteiger partial charge in [-0.15, -0.1) is 0 Å². The number of hydrogen-bond acceptors (Lipinski definition) is 4. The molecule has 21 heavy (non-hydrogen) atoms. The third kappa shape index (κ3) is 4.09. The molecule has 0 aliphatic carbocycles. The number of carbonyl (C=O) groups is 1. The summed E-state index contributed by atoms with van der Waals surface area (Å²) in [5.41, 5.74) is 1.72. The Hall–Kier alpha value is -1.79. The number of nitrogens with zero attached hydrogens (tertiary/aromatic N) is 3. The number of aromatic nitrogens is 2. The van der Waals surface area contributed by atoms with Gasteiger partial charge < -0.3 is 5.11 Å². The third-order valence-electron chi connectivity index (χ3n) is 3.25. The van der Waals surface area contributed by atoms with Gasteiger partial charge in [-0.25, -0.2) is 9.97 Å². The molecule has 1 heterocycles. The summed E-state index contributed by atoms with van der Waals surface area (Å²) in [5, 5.41) is 9.01. The van der Waals surface area contributed by atoms with Gasteiger partial charge in [0.25, 0.3) is 0 Å². The van der Waals surface area contributed by atoms with Crippen molar-refractivity contribution in [1.29, 1.82) is 0 Å². The summed E-state index contributed by atoms with van der Waals surface area (Å²) in [6, 6.07) is 8.98. The summed E-state index contributed by atoms with van der Waals surface area (Å²) in [7, 11) is 1.76. The zero-order valence-electron chi connectivity index (χ0n) is 11.8. The monoisotopic (exact) mass is 349 g/mol. The first kappa shape index (κ1) is 15.6. The van der Waals surface area contributed by atoms with Crippen LogP contribution in [0.1, 0.15) is 12.6 Å². The van der Waals surface area contributed by atoms with Gasteiger partial charge in [-0.1, -0.05) is 28.1 Å². The van der Waals surface area contributed by atoms with Crippen LogP contribution in [0.5, 0.6) is 0 Å². The van der Waals surface area contributed by atoms with Crippen LogP contribution in [0.4, 0.5) is 0 Å². The smallest absolute Gasteiger partial charge is 0.320 e. The van der Waals surface area contributed by atoms with E-state index in [1.165, 1.54) is 0 Å². The minimum Gasteiger partial charge on any atom is -0.480 e. The van der Waals surface area contributed by atoms with Crippen molar-refractivity contribution >= 4 is 21.9 Å². The van der Waals surface area contributed by atoms with Crippen molar-refractivity contribution in [2.45, 2.75) is 19.5 Å². The van der Waals surface area contributed by atoms with E-state index in [0.717, 1.165) is 15.7 Å². The molecule has 0 fully saturated rings. The molecule has 0 aliphatic heterocycles. The van der Waals surface area contributed by atoms with Gasteiger partial charge in [-0.2, -0.15) is 0 Å². The molecule has 1 aromatic carbocycles. The summed E-state index contributed by atoms with van der Waals surface area (Å²) >= 11 is 3.39. The van der Waals surface area contributed by atoms with Crippen LogP contribution in [-0.4, -0.2) is 39.0 Å². The van der Waals surface area contributed by atoms with E-state index in [1.54, 1.807) is 31.1 Å². The molecule has 0 bridgehead atoms. The van der Waals surface area contributed by atoms with Crippen molar-refractivity contribution in [3.8, 4) is 11.4 Å². The predicted molar refractivity (Wildman–Crippen MR) is 83.7 cm³/mol. The van der Waals surface area contributed by atoms with Crippen LogP contribution in [0.2, 0.25) is 0 Å². The standard InChI is InChI=1S/C15H16BrN3O2/c1-10(15(20)21)19(2)9-13-7-8-17-14(18-13)11-3-5-12(16)6-4-11/h3-8,10H,9H2,1-2H3,(H,20,21). The normalized spacial score (nSPS) is 12.4. The van der Waals surface area contributed by atoms with Gasteiger partial charge in [0.1, 0.15) is 6.04 Å². The van der Waals surface area contributed by atoms with E-state index in [1.807, 2.05) is 24.3 Å². The first-order chi connectivity index (χ1) is 9.97. The van der Waals surface area contributed by atoms with Crippen molar-refractivity contribution in [3.05, 3.63) is 46.7 Å². The topological polar surface area (TPSA) is 66.3 Å². The van der Waals surface area contributed by atoms with Gasteiger partial charge in [0, 0.05) is 22.8 Å². The highest BCUT2D eigenvalue weighted by molar-refractivity contribution is 9.10. The number of halogens is 1. The van der Waals surface area contributed by atoms with Gasteiger partial charge in [0.05, 0.1) is 5.69 Å². The molecule has 110 valence electrons. The molecule has 5 nitrogen and oxygen atoms in total. The maximum absolute atomic E-state index is 11.0. The molecule has 1 atom stereocenters. The zero-order chi connectivity index (χ0) is 15.4. The lowest BCUT2D eigenvalue weighted by Crippen LogP contribution is -2.35. The number of hydrogen-bond donors (Lipinski definition) is 1. The number of rotatable bonds is 5. The second kappa shape index (κ2) is 6.78. The van der Waals surface area contributed by atoms with Crippen LogP contribution in [0, 0.1) is 0 Å². The minimum atomic E-state index is -0.848. The average molecular weight is 350 g/mol. The molecule has 2 aromatic rings.